The molecule has 4 heteroatoms. The molecule has 1 aliphatic rings. The van der Waals surface area contributed by atoms with E-state index in [1.165, 1.54) is 18.4 Å². The maximum atomic E-state index is 10.4. The molecular weight excluding hydrogens is 374 g/mol. The minimum Gasteiger partial charge on any atom is -0.387 e. The second kappa shape index (κ2) is 8.84. The van der Waals surface area contributed by atoms with Crippen LogP contribution in [0.25, 0.3) is 0 Å². The first-order valence-corrected chi connectivity index (χ1v) is 8.72. The number of β-amino-alcohol motifs (C(OH)–C–C–N with tert-alkyl or cyclic N) is 1. The molecule has 0 aliphatic carbocycles. The largest absolute Gasteiger partial charge is 0.387 e. The number of hydrogen-bond donors (Lipinski definition) is 1. The minimum absolute atomic E-state index is 0. The molecule has 3 rings (SSSR count). The first kappa shape index (κ1) is 18.5. The van der Waals surface area contributed by atoms with Gasteiger partial charge >= 0.3 is 0 Å². The Hall–Kier alpha value is -0.870. The summed E-state index contributed by atoms with van der Waals surface area (Å²) in [7, 11) is 0. The predicted octanol–water partition coefficient (Wildman–Crippen LogP) is 4.78. The van der Waals surface area contributed by atoms with Gasteiger partial charge in [-0.2, -0.15) is 0 Å². The fraction of sp³-hybridized carbons (Fsp3) is 0.368. The van der Waals surface area contributed by atoms with Crippen LogP contribution in [0.4, 0.5) is 0 Å². The Bertz CT molecular complexity index is 582. The molecular formula is C19H23BrClNO. The zero-order chi connectivity index (χ0) is 15.4. The summed E-state index contributed by atoms with van der Waals surface area (Å²) in [5.74, 6) is 0.669. The summed E-state index contributed by atoms with van der Waals surface area (Å²) in [5.41, 5.74) is 2.45. The van der Waals surface area contributed by atoms with Gasteiger partial charge in [-0.1, -0.05) is 58.4 Å². The highest BCUT2D eigenvalue weighted by atomic mass is 79.9. The number of nitrogens with zero attached hydrogens (tertiary/aromatic N) is 1. The molecule has 0 aromatic heterocycles. The van der Waals surface area contributed by atoms with Crippen LogP contribution >= 0.6 is 28.3 Å². The van der Waals surface area contributed by atoms with E-state index in [1.54, 1.807) is 0 Å². The lowest BCUT2D eigenvalue weighted by Gasteiger charge is -2.33. The quantitative estimate of drug-likeness (QED) is 0.803. The van der Waals surface area contributed by atoms with Gasteiger partial charge in [-0.25, -0.2) is 0 Å². The number of aliphatic hydroxyl groups excluding tert-OH is 1. The zero-order valence-corrected chi connectivity index (χ0v) is 15.5. The van der Waals surface area contributed by atoms with Crippen LogP contribution in [-0.2, 0) is 0 Å². The molecule has 1 heterocycles. The van der Waals surface area contributed by atoms with Gasteiger partial charge in [0, 0.05) is 11.0 Å². The lowest BCUT2D eigenvalue weighted by Crippen LogP contribution is -2.36. The number of benzene rings is 2. The van der Waals surface area contributed by atoms with Crippen molar-refractivity contribution in [2.24, 2.45) is 0 Å². The first-order valence-electron chi connectivity index (χ1n) is 7.93. The van der Waals surface area contributed by atoms with Gasteiger partial charge in [0.2, 0.25) is 0 Å². The smallest absolute Gasteiger partial charge is 0.0916 e. The number of rotatable bonds is 4. The van der Waals surface area contributed by atoms with Crippen LogP contribution in [0.15, 0.2) is 59.1 Å². The van der Waals surface area contributed by atoms with Crippen LogP contribution in [0.2, 0.25) is 0 Å². The molecule has 0 bridgehead atoms. The molecule has 1 unspecified atom stereocenters. The van der Waals surface area contributed by atoms with Crippen molar-refractivity contribution >= 4 is 28.3 Å². The highest BCUT2D eigenvalue weighted by Gasteiger charge is 2.22. The van der Waals surface area contributed by atoms with Crippen LogP contribution in [0.1, 0.15) is 36.0 Å². The SMILES string of the molecule is Cl.OC(CN1CCC(c2ccccc2)CC1)c1ccc(Br)cc1. The van der Waals surface area contributed by atoms with Crippen LogP contribution in [0, 0.1) is 0 Å². The van der Waals surface area contributed by atoms with Crippen molar-refractivity contribution in [2.75, 3.05) is 19.6 Å². The van der Waals surface area contributed by atoms with E-state index in [4.69, 9.17) is 0 Å². The molecule has 2 nitrogen and oxygen atoms in total. The van der Waals surface area contributed by atoms with Gasteiger partial charge in [0.15, 0.2) is 0 Å². The number of halogens is 2. The Kier molecular flexibility index (Phi) is 7.09. The summed E-state index contributed by atoms with van der Waals surface area (Å²) < 4.78 is 1.05. The molecule has 0 amide bonds. The summed E-state index contributed by atoms with van der Waals surface area (Å²) in [6.45, 7) is 2.85. The summed E-state index contributed by atoms with van der Waals surface area (Å²) in [5, 5.41) is 10.4. The average Bonchev–Trinajstić information content (AvgIpc) is 2.57. The number of hydrogen-bond acceptors (Lipinski definition) is 2. The molecule has 0 saturated carbocycles. The summed E-state index contributed by atoms with van der Waals surface area (Å²) in [4.78, 5) is 2.38. The van der Waals surface area contributed by atoms with Gasteiger partial charge in [-0.3, -0.25) is 0 Å². The topological polar surface area (TPSA) is 23.5 Å². The molecule has 1 atom stereocenters. The third-order valence-electron chi connectivity index (χ3n) is 4.54. The molecule has 124 valence electrons. The normalized spacial score (nSPS) is 17.5. The van der Waals surface area contributed by atoms with Crippen molar-refractivity contribution in [3.05, 3.63) is 70.2 Å². The van der Waals surface area contributed by atoms with Crippen LogP contribution < -0.4 is 0 Å². The van der Waals surface area contributed by atoms with Crippen molar-refractivity contribution in [1.82, 2.24) is 4.90 Å². The molecule has 1 N–H and O–H groups in total. The van der Waals surface area contributed by atoms with Gasteiger partial charge < -0.3 is 10.0 Å². The number of piperidine rings is 1. The van der Waals surface area contributed by atoms with E-state index in [2.05, 4.69) is 51.2 Å². The lowest BCUT2D eigenvalue weighted by molar-refractivity contribution is 0.0972. The second-order valence-corrected chi connectivity index (χ2v) is 6.97. The monoisotopic (exact) mass is 395 g/mol. The van der Waals surface area contributed by atoms with E-state index < -0.39 is 6.10 Å². The van der Waals surface area contributed by atoms with E-state index >= 15 is 0 Å². The van der Waals surface area contributed by atoms with Crippen molar-refractivity contribution in [3.63, 3.8) is 0 Å². The third kappa shape index (κ3) is 5.05. The van der Waals surface area contributed by atoms with E-state index in [1.807, 2.05) is 24.3 Å². The molecule has 1 saturated heterocycles. The first-order chi connectivity index (χ1) is 10.7. The fourth-order valence-electron chi connectivity index (χ4n) is 3.21. The zero-order valence-electron chi connectivity index (χ0n) is 13.1. The molecule has 23 heavy (non-hydrogen) atoms. The summed E-state index contributed by atoms with van der Waals surface area (Å²) >= 11 is 3.43. The van der Waals surface area contributed by atoms with Crippen molar-refractivity contribution in [3.8, 4) is 0 Å². The van der Waals surface area contributed by atoms with E-state index in [0.29, 0.717) is 5.92 Å². The van der Waals surface area contributed by atoms with Crippen LogP contribution in [0.3, 0.4) is 0 Å². The fourth-order valence-corrected chi connectivity index (χ4v) is 3.47. The Balaban J connectivity index is 0.00000192. The molecule has 2 aromatic carbocycles. The third-order valence-corrected chi connectivity index (χ3v) is 5.07. The minimum atomic E-state index is -0.402. The van der Waals surface area contributed by atoms with Crippen LogP contribution in [-0.4, -0.2) is 29.6 Å². The Morgan fingerprint density at radius 3 is 2.22 bits per heavy atom. The Morgan fingerprint density at radius 2 is 1.61 bits per heavy atom. The molecule has 1 fully saturated rings. The Labute approximate surface area is 153 Å². The van der Waals surface area contributed by atoms with E-state index in [9.17, 15) is 5.11 Å². The van der Waals surface area contributed by atoms with Gasteiger partial charge in [0.05, 0.1) is 6.10 Å². The van der Waals surface area contributed by atoms with Gasteiger partial charge in [0.1, 0.15) is 0 Å². The molecule has 0 radical (unpaired) electrons. The molecule has 0 spiro atoms. The number of likely N-dealkylation sites (tertiary alicyclic amines) is 1. The van der Waals surface area contributed by atoms with Gasteiger partial charge in [-0.05, 0) is 55.1 Å². The van der Waals surface area contributed by atoms with Crippen molar-refractivity contribution in [2.45, 2.75) is 24.9 Å². The van der Waals surface area contributed by atoms with Crippen molar-refractivity contribution in [1.29, 1.82) is 0 Å². The van der Waals surface area contributed by atoms with E-state index in [-0.39, 0.29) is 12.4 Å². The Morgan fingerprint density at radius 1 is 1.00 bits per heavy atom. The van der Waals surface area contributed by atoms with E-state index in [0.717, 1.165) is 29.7 Å². The summed E-state index contributed by atoms with van der Waals surface area (Å²) in [6, 6.07) is 18.7. The summed E-state index contributed by atoms with van der Waals surface area (Å²) in [6.07, 6.45) is 1.95. The standard InChI is InChI=1S/C19H22BrNO.ClH/c20-18-8-6-17(7-9-18)19(22)14-21-12-10-16(11-13-21)15-4-2-1-3-5-15;/h1-9,16,19,22H,10-14H2;1H. The van der Waals surface area contributed by atoms with Crippen molar-refractivity contribution < 1.29 is 5.11 Å². The maximum absolute atomic E-state index is 10.4. The second-order valence-electron chi connectivity index (χ2n) is 6.05. The maximum Gasteiger partial charge on any atom is 0.0916 e. The average molecular weight is 397 g/mol. The van der Waals surface area contributed by atoms with Gasteiger partial charge in [0.25, 0.3) is 0 Å². The highest BCUT2D eigenvalue weighted by Crippen LogP contribution is 2.28. The van der Waals surface area contributed by atoms with Crippen LogP contribution in [0.5, 0.6) is 0 Å². The lowest BCUT2D eigenvalue weighted by atomic mass is 9.89. The number of aliphatic hydroxyl groups is 1. The van der Waals surface area contributed by atoms with Gasteiger partial charge in [-0.15, -0.1) is 12.4 Å². The molecule has 1 aliphatic heterocycles. The highest BCUT2D eigenvalue weighted by molar-refractivity contribution is 9.10. The molecule has 2 aromatic rings. The predicted molar refractivity (Wildman–Crippen MR) is 101 cm³/mol.